The van der Waals surface area contributed by atoms with Gasteiger partial charge in [-0.25, -0.2) is 0 Å². The molecule has 0 amide bonds. The molecule has 0 radical (unpaired) electrons. The van der Waals surface area contributed by atoms with Crippen molar-refractivity contribution in [1.82, 2.24) is 0 Å². The molecule has 33 unspecified atom stereocenters. The van der Waals surface area contributed by atoms with Crippen molar-refractivity contribution >= 4 is 0 Å². The average molecular weight is 998 g/mol. The third kappa shape index (κ3) is 1.49. The fourth-order valence-electron chi connectivity index (χ4n) is 55.5. The van der Waals surface area contributed by atoms with Gasteiger partial charge < -0.3 is 0 Å². The third-order valence-corrected chi connectivity index (χ3v) is 46.3. The van der Waals surface area contributed by atoms with Gasteiger partial charge in [-0.3, -0.25) is 0 Å². The van der Waals surface area contributed by atoms with Crippen molar-refractivity contribution < 1.29 is 0 Å². The topological polar surface area (TPSA) is 0 Å². The Kier molecular flexibility index (Phi) is 4.85. The summed E-state index contributed by atoms with van der Waals surface area (Å²) in [5, 5.41) is 0. The molecule has 23 fully saturated rings. The minimum Gasteiger partial charge on any atom is -0.0776 e. The molecule has 0 saturated heterocycles. The Morgan fingerprint density at radius 2 is 0.757 bits per heavy atom. The van der Waals surface area contributed by atoms with Gasteiger partial charge in [-0.15, -0.1) is 0 Å². The molecule has 404 valence electrons. The zero-order valence-electron chi connectivity index (χ0n) is 52.6. The molecule has 19 spiro atoms. The van der Waals surface area contributed by atoms with Gasteiger partial charge in [0.15, 0.2) is 0 Å². The molecule has 0 N–H and O–H groups in total. The second-order valence-corrected chi connectivity index (χ2v) is 40.3. The van der Waals surface area contributed by atoms with E-state index in [9.17, 15) is 0 Å². The first-order valence-electron chi connectivity index (χ1n) is 33.3. The Bertz CT molecular complexity index is 3340. The predicted octanol–water partition coefficient (Wildman–Crippen LogP) is 17.9. The first-order valence-corrected chi connectivity index (χ1v) is 33.3. The molecule has 0 nitrogen and oxygen atoms in total. The Morgan fingerprint density at radius 1 is 0.324 bits per heavy atom. The molecule has 74 heavy (non-hydrogen) atoms. The fourth-order valence-corrected chi connectivity index (χ4v) is 55.5. The van der Waals surface area contributed by atoms with Crippen molar-refractivity contribution in [2.75, 3.05) is 0 Å². The van der Waals surface area contributed by atoms with Gasteiger partial charge in [-0.05, 0) is 240 Å². The van der Waals surface area contributed by atoms with E-state index in [-0.39, 0.29) is 7.43 Å². The van der Waals surface area contributed by atoms with Gasteiger partial charge in [-0.1, -0.05) is 215 Å². The number of rotatable bonds is 1. The van der Waals surface area contributed by atoms with Crippen LogP contribution in [0.1, 0.15) is 222 Å². The molecule has 23 aliphatic rings. The van der Waals surface area contributed by atoms with E-state index in [0.29, 0.717) is 146 Å². The van der Waals surface area contributed by atoms with Crippen molar-refractivity contribution in [3.63, 3.8) is 0 Å². The number of fused-ring (bicyclic) bond motifs is 1. The molecule has 0 bridgehead atoms. The van der Waals surface area contributed by atoms with Crippen LogP contribution in [0, 0.1) is 233 Å². The van der Waals surface area contributed by atoms with Crippen LogP contribution in [0.4, 0.5) is 0 Å². The van der Waals surface area contributed by atoms with Gasteiger partial charge >= 0.3 is 0 Å². The first kappa shape index (κ1) is 44.6. The summed E-state index contributed by atoms with van der Waals surface area (Å²) in [6.45, 7) is 86.7. The average Bonchev–Trinajstić information content (AvgIpc) is 4.12. The zero-order chi connectivity index (χ0) is 52.6. The van der Waals surface area contributed by atoms with Crippen LogP contribution < -0.4 is 0 Å². The minimum atomic E-state index is 0. The van der Waals surface area contributed by atoms with Crippen molar-refractivity contribution in [1.29, 1.82) is 0 Å². The van der Waals surface area contributed by atoms with Crippen molar-refractivity contribution in [2.24, 2.45) is 233 Å². The monoisotopic (exact) mass is 997 g/mol. The summed E-state index contributed by atoms with van der Waals surface area (Å²) in [6, 6.07) is 0. The highest BCUT2D eigenvalue weighted by atomic mass is 15.6. The Hall–Kier alpha value is 0. The summed E-state index contributed by atoms with van der Waals surface area (Å²) in [6.07, 6.45) is 1.52. The molecule has 0 aliphatic heterocycles. The standard InChI is InChI=1S/C71H98.C2H6.CH4/c1-30(2)52-32(4)42(12,13)60(52)39(11)61-44(16,17)66-46(20,21)67-47(22,23)68-48(24,25)70-50(27)40-62-45(18,19)69-43(14,15)49(26)29-31(3)59(49,69)51(28)64(71(51,62)69)41-58(70,63(40,50)65(41,62)64)38(10)57(68,70)37(9)56(67,68)36(8)55(66,67)35(7)54(61,66)34(6)53(60,61)33(52)5;1-2;/h30-41H,29H2,1-28H3;1-2H3;1H4/t31?,32-,33?,34?,35?,36?,37?,38?,39?,40?,41?,49?,50?,51?,52?,53?,54?,55?,56?,57?,58?,59?,60?,61?,62?,63?,64?,65?,66?,67?,68?,69?,70?,71?;;/m0../s1. The molecule has 0 aromatic rings. The maximum Gasteiger partial charge on any atom is -0.00173 e. The van der Waals surface area contributed by atoms with Gasteiger partial charge in [0.05, 0.1) is 0 Å². The smallest absolute Gasteiger partial charge is 0.00173 e. The van der Waals surface area contributed by atoms with Gasteiger partial charge in [0, 0.05) is 0 Å². The van der Waals surface area contributed by atoms with E-state index in [1.54, 1.807) is 0 Å². The summed E-state index contributed by atoms with van der Waals surface area (Å²) in [5.41, 5.74) is 16.1. The molecule has 23 aliphatic carbocycles. The Labute approximate surface area is 452 Å². The lowest BCUT2D eigenvalue weighted by molar-refractivity contribution is -0.872. The SMILES string of the molecule is C.CC.CC(C)C12C(C)C34C(C)C56C(C)C78C(C)C9%10C(C)C%11%12C(C)C%13%14C%15C%16%17C%13%18C(C%18(C)C%14%11C(C)(C)C9%12C(C)(C)C7%10C(C)(C)C58C(C)(C)C36C(C)C14C(C)(C)[C@@H]2C)C%161C(C)(C)C23C(C)(C)C4(C)CC(C)C42C2(C)C%15%17C213. The lowest BCUT2D eigenvalue weighted by atomic mass is 8.70. The molecule has 23 saturated carbocycles. The number of hydrogen-bond donors (Lipinski definition) is 0. The van der Waals surface area contributed by atoms with E-state index in [1.807, 2.05) is 13.8 Å². The largest absolute Gasteiger partial charge is 0.0776 e. The Morgan fingerprint density at radius 3 is 1.26 bits per heavy atom. The van der Waals surface area contributed by atoms with E-state index >= 15 is 0 Å². The van der Waals surface area contributed by atoms with E-state index in [1.165, 1.54) is 6.42 Å². The minimum absolute atomic E-state index is 0. The molecular weight excluding hydrogens is 889 g/mol. The van der Waals surface area contributed by atoms with E-state index < -0.39 is 0 Å². The molecule has 0 aromatic heterocycles. The van der Waals surface area contributed by atoms with Crippen LogP contribution in [0.3, 0.4) is 0 Å². The van der Waals surface area contributed by atoms with Crippen LogP contribution in [-0.4, -0.2) is 0 Å². The molecule has 0 heterocycles. The van der Waals surface area contributed by atoms with Crippen molar-refractivity contribution in [2.45, 2.75) is 222 Å². The van der Waals surface area contributed by atoms with Crippen molar-refractivity contribution in [3.05, 3.63) is 0 Å². The summed E-state index contributed by atoms with van der Waals surface area (Å²) < 4.78 is 0. The molecule has 34 atom stereocenters. The van der Waals surface area contributed by atoms with Gasteiger partial charge in [-0.2, -0.15) is 0 Å². The van der Waals surface area contributed by atoms with Crippen molar-refractivity contribution in [3.8, 4) is 0 Å². The predicted molar refractivity (Wildman–Crippen MR) is 296 cm³/mol. The summed E-state index contributed by atoms with van der Waals surface area (Å²) in [4.78, 5) is 0. The van der Waals surface area contributed by atoms with Crippen LogP contribution in [0.15, 0.2) is 0 Å². The number of hydrogen-bond acceptors (Lipinski definition) is 0. The van der Waals surface area contributed by atoms with Crippen LogP contribution in [0.2, 0.25) is 0 Å². The van der Waals surface area contributed by atoms with E-state index in [4.69, 9.17) is 0 Å². The van der Waals surface area contributed by atoms with Gasteiger partial charge in [0.25, 0.3) is 0 Å². The maximum absolute atomic E-state index is 3.13. The van der Waals surface area contributed by atoms with Crippen LogP contribution in [0.25, 0.3) is 0 Å². The maximum atomic E-state index is 3.13. The van der Waals surface area contributed by atoms with E-state index in [0.717, 1.165) is 87.3 Å². The lowest BCUT2D eigenvalue weighted by Crippen LogP contribution is -3.30. The first-order chi connectivity index (χ1) is 33.3. The second-order valence-electron chi connectivity index (χ2n) is 40.3. The normalized spacial score (nSPS) is 86.7. The second kappa shape index (κ2) is 8.04. The fraction of sp³-hybridized carbons (Fsp3) is 1.00. The van der Waals surface area contributed by atoms with Crippen LogP contribution in [0.5, 0.6) is 0 Å². The van der Waals surface area contributed by atoms with Gasteiger partial charge in [0.2, 0.25) is 0 Å². The zero-order valence-corrected chi connectivity index (χ0v) is 52.6. The molecule has 0 heteroatoms. The molecular formula is C74H108. The van der Waals surface area contributed by atoms with Gasteiger partial charge in [0.1, 0.15) is 0 Å². The molecule has 0 aromatic carbocycles. The highest BCUT2D eigenvalue weighted by Gasteiger charge is 3.54. The Balaban J connectivity index is 0.00000133. The van der Waals surface area contributed by atoms with Crippen LogP contribution in [-0.2, 0) is 0 Å². The quantitative estimate of drug-likeness (QED) is 0.246. The lowest BCUT2D eigenvalue weighted by Gasteiger charge is -3.32. The van der Waals surface area contributed by atoms with E-state index in [2.05, 4.69) is 194 Å². The van der Waals surface area contributed by atoms with Crippen LogP contribution >= 0.6 is 0 Å². The summed E-state index contributed by atoms with van der Waals surface area (Å²) >= 11 is 0. The highest BCUT2D eigenvalue weighted by molar-refractivity contribution is 5.99. The molecule has 23 rings (SSSR count). The summed E-state index contributed by atoms with van der Waals surface area (Å²) in [7, 11) is 0. The summed E-state index contributed by atoms with van der Waals surface area (Å²) in [5.74, 6) is 10.7. The third-order valence-electron chi connectivity index (χ3n) is 46.3. The highest BCUT2D eigenvalue weighted by Crippen LogP contribution is 3.56.